The molecule has 20 heavy (non-hydrogen) atoms. The Kier molecular flexibility index (Phi) is 6.41. The largest absolute Gasteiger partial charge is 0.480 e. The van der Waals surface area contributed by atoms with Crippen molar-refractivity contribution in [1.82, 2.24) is 4.90 Å². The minimum Gasteiger partial charge on any atom is -0.480 e. The second-order valence-electron chi connectivity index (χ2n) is 4.11. The lowest BCUT2D eigenvalue weighted by Crippen LogP contribution is -2.38. The second kappa shape index (κ2) is 7.81. The van der Waals surface area contributed by atoms with Crippen LogP contribution in [0.2, 0.25) is 5.02 Å². The highest BCUT2D eigenvalue weighted by atomic mass is 35.5. The number of amides is 1. The maximum absolute atomic E-state index is 12.9. The third-order valence-electron chi connectivity index (χ3n) is 2.60. The van der Waals surface area contributed by atoms with E-state index in [4.69, 9.17) is 21.4 Å². The molecule has 0 aliphatic heterocycles. The van der Waals surface area contributed by atoms with Gasteiger partial charge in [-0.2, -0.15) is 0 Å². The van der Waals surface area contributed by atoms with Crippen LogP contribution in [0.1, 0.15) is 5.56 Å². The highest BCUT2D eigenvalue weighted by Crippen LogP contribution is 2.18. The van der Waals surface area contributed by atoms with Crippen LogP contribution in [0.3, 0.4) is 0 Å². The molecule has 0 aliphatic carbocycles. The minimum absolute atomic E-state index is 0.0872. The van der Waals surface area contributed by atoms with Crippen LogP contribution in [-0.4, -0.2) is 48.7 Å². The fraction of sp³-hybridized carbons (Fsp3) is 0.385. The van der Waals surface area contributed by atoms with Crippen molar-refractivity contribution < 1.29 is 23.8 Å². The first-order chi connectivity index (χ1) is 9.43. The Morgan fingerprint density at radius 2 is 2.15 bits per heavy atom. The summed E-state index contributed by atoms with van der Waals surface area (Å²) in [4.78, 5) is 23.9. The first-order valence-electron chi connectivity index (χ1n) is 5.86. The molecule has 5 nitrogen and oxygen atoms in total. The Hall–Kier alpha value is -1.66. The van der Waals surface area contributed by atoms with E-state index in [0.717, 1.165) is 11.0 Å². The standard InChI is InChI=1S/C13H15ClFNO4/c1-20-5-4-16(8-13(18)19)12(17)6-9-2-3-10(15)7-11(9)14/h2-3,7H,4-6,8H2,1H3,(H,18,19). The maximum atomic E-state index is 12.9. The lowest BCUT2D eigenvalue weighted by molar-refractivity contribution is -0.144. The molecular formula is C13H15ClFNO4. The van der Waals surface area contributed by atoms with E-state index in [1.54, 1.807) is 0 Å². The molecule has 0 aliphatic rings. The molecule has 110 valence electrons. The second-order valence-corrected chi connectivity index (χ2v) is 4.52. The first kappa shape index (κ1) is 16.4. The van der Waals surface area contributed by atoms with Gasteiger partial charge in [-0.3, -0.25) is 9.59 Å². The summed E-state index contributed by atoms with van der Waals surface area (Å²) in [6.07, 6.45) is -0.0872. The Morgan fingerprint density at radius 1 is 1.45 bits per heavy atom. The molecule has 0 heterocycles. The Balaban J connectivity index is 2.76. The van der Waals surface area contributed by atoms with Gasteiger partial charge in [0, 0.05) is 18.7 Å². The molecule has 1 amide bonds. The topological polar surface area (TPSA) is 66.8 Å². The van der Waals surface area contributed by atoms with E-state index in [9.17, 15) is 14.0 Å². The zero-order valence-electron chi connectivity index (χ0n) is 10.9. The number of methoxy groups -OCH3 is 1. The summed E-state index contributed by atoms with van der Waals surface area (Å²) in [7, 11) is 1.46. The summed E-state index contributed by atoms with van der Waals surface area (Å²) >= 11 is 5.84. The normalized spacial score (nSPS) is 10.3. The third kappa shape index (κ3) is 5.14. The van der Waals surface area contributed by atoms with Gasteiger partial charge in [0.15, 0.2) is 0 Å². The summed E-state index contributed by atoms with van der Waals surface area (Å²) in [6.45, 7) is -0.0162. The van der Waals surface area contributed by atoms with Crippen molar-refractivity contribution in [3.8, 4) is 0 Å². The molecule has 0 radical (unpaired) electrons. The summed E-state index contributed by atoms with van der Waals surface area (Å²) in [6, 6.07) is 3.72. The van der Waals surface area contributed by atoms with E-state index in [0.29, 0.717) is 5.56 Å². The van der Waals surface area contributed by atoms with E-state index in [2.05, 4.69) is 0 Å². The number of carboxylic acids is 1. The number of aliphatic carboxylic acids is 1. The van der Waals surface area contributed by atoms with Crippen molar-refractivity contribution in [2.45, 2.75) is 6.42 Å². The van der Waals surface area contributed by atoms with Crippen LogP contribution in [0.25, 0.3) is 0 Å². The minimum atomic E-state index is -1.11. The summed E-state index contributed by atoms with van der Waals surface area (Å²) in [5.74, 6) is -2.01. The number of ether oxygens (including phenoxy) is 1. The smallest absolute Gasteiger partial charge is 0.323 e. The summed E-state index contributed by atoms with van der Waals surface area (Å²) < 4.78 is 17.7. The van der Waals surface area contributed by atoms with E-state index in [1.807, 2.05) is 0 Å². The Labute approximate surface area is 120 Å². The van der Waals surface area contributed by atoms with Crippen LogP contribution in [0.15, 0.2) is 18.2 Å². The van der Waals surface area contributed by atoms with E-state index in [-0.39, 0.29) is 24.6 Å². The molecule has 0 saturated carbocycles. The van der Waals surface area contributed by atoms with Crippen molar-refractivity contribution in [3.05, 3.63) is 34.6 Å². The number of carbonyl (C=O) groups excluding carboxylic acids is 1. The van der Waals surface area contributed by atoms with Gasteiger partial charge in [-0.1, -0.05) is 17.7 Å². The van der Waals surface area contributed by atoms with Crippen LogP contribution in [-0.2, 0) is 20.7 Å². The van der Waals surface area contributed by atoms with Crippen molar-refractivity contribution >= 4 is 23.5 Å². The van der Waals surface area contributed by atoms with Gasteiger partial charge in [0.25, 0.3) is 0 Å². The van der Waals surface area contributed by atoms with Crippen LogP contribution in [0.4, 0.5) is 4.39 Å². The van der Waals surface area contributed by atoms with E-state index >= 15 is 0 Å². The molecule has 0 saturated heterocycles. The van der Waals surface area contributed by atoms with Gasteiger partial charge in [-0.15, -0.1) is 0 Å². The van der Waals surface area contributed by atoms with Crippen molar-refractivity contribution in [2.75, 3.05) is 26.8 Å². The van der Waals surface area contributed by atoms with E-state index in [1.165, 1.54) is 19.2 Å². The van der Waals surface area contributed by atoms with Gasteiger partial charge in [0.1, 0.15) is 12.4 Å². The van der Waals surface area contributed by atoms with Crippen LogP contribution < -0.4 is 0 Å². The molecule has 0 unspecified atom stereocenters. The van der Waals surface area contributed by atoms with Gasteiger partial charge < -0.3 is 14.7 Å². The lowest BCUT2D eigenvalue weighted by Gasteiger charge is -2.20. The number of rotatable bonds is 7. The van der Waals surface area contributed by atoms with Crippen molar-refractivity contribution in [1.29, 1.82) is 0 Å². The van der Waals surface area contributed by atoms with Gasteiger partial charge in [-0.25, -0.2) is 4.39 Å². The SMILES string of the molecule is COCCN(CC(=O)O)C(=O)Cc1ccc(F)cc1Cl. The number of carboxylic acid groups (broad SMARTS) is 1. The van der Waals surface area contributed by atoms with Crippen LogP contribution >= 0.6 is 11.6 Å². The number of halogens is 2. The van der Waals surface area contributed by atoms with Crippen molar-refractivity contribution in [3.63, 3.8) is 0 Å². The van der Waals surface area contributed by atoms with E-state index < -0.39 is 24.2 Å². The summed E-state index contributed by atoms with van der Waals surface area (Å²) in [5, 5.41) is 8.92. The highest BCUT2D eigenvalue weighted by molar-refractivity contribution is 6.31. The monoisotopic (exact) mass is 303 g/mol. The number of carbonyl (C=O) groups is 2. The zero-order valence-corrected chi connectivity index (χ0v) is 11.7. The Bertz CT molecular complexity index is 495. The number of hydrogen-bond donors (Lipinski definition) is 1. The summed E-state index contributed by atoms with van der Waals surface area (Å²) in [5.41, 5.74) is 0.450. The third-order valence-corrected chi connectivity index (χ3v) is 2.95. The van der Waals surface area contributed by atoms with Gasteiger partial charge in [-0.05, 0) is 17.7 Å². The predicted octanol–water partition coefficient (Wildman–Crippen LogP) is 1.58. The molecule has 0 atom stereocenters. The molecule has 1 rings (SSSR count). The molecule has 0 spiro atoms. The molecule has 1 aromatic rings. The van der Waals surface area contributed by atoms with Gasteiger partial charge in [0.05, 0.1) is 13.0 Å². The lowest BCUT2D eigenvalue weighted by atomic mass is 10.1. The van der Waals surface area contributed by atoms with Crippen LogP contribution in [0, 0.1) is 5.82 Å². The Morgan fingerprint density at radius 3 is 2.70 bits per heavy atom. The molecular weight excluding hydrogens is 289 g/mol. The van der Waals surface area contributed by atoms with Crippen LogP contribution in [0.5, 0.6) is 0 Å². The average molecular weight is 304 g/mol. The number of nitrogens with zero attached hydrogens (tertiary/aromatic N) is 1. The number of benzene rings is 1. The fourth-order valence-corrected chi connectivity index (χ4v) is 1.83. The molecule has 1 aromatic carbocycles. The molecule has 0 fully saturated rings. The fourth-order valence-electron chi connectivity index (χ4n) is 1.60. The molecule has 1 N–H and O–H groups in total. The maximum Gasteiger partial charge on any atom is 0.323 e. The molecule has 0 aromatic heterocycles. The van der Waals surface area contributed by atoms with Crippen molar-refractivity contribution in [2.24, 2.45) is 0 Å². The zero-order chi connectivity index (χ0) is 15.1. The first-order valence-corrected chi connectivity index (χ1v) is 6.24. The molecule has 0 bridgehead atoms. The predicted molar refractivity (Wildman–Crippen MR) is 71.2 cm³/mol. The molecule has 7 heteroatoms. The average Bonchev–Trinajstić information content (AvgIpc) is 2.37. The quantitative estimate of drug-likeness (QED) is 0.830. The van der Waals surface area contributed by atoms with Gasteiger partial charge in [0.2, 0.25) is 5.91 Å². The van der Waals surface area contributed by atoms with Gasteiger partial charge >= 0.3 is 5.97 Å². The number of hydrogen-bond acceptors (Lipinski definition) is 3. The highest BCUT2D eigenvalue weighted by Gasteiger charge is 2.18.